The molecule has 1 aromatic heterocycles. The Hall–Kier alpha value is -2.70. The summed E-state index contributed by atoms with van der Waals surface area (Å²) < 4.78 is 11.6. The lowest BCUT2D eigenvalue weighted by atomic mass is 10.2. The van der Waals surface area contributed by atoms with Gasteiger partial charge in [0.2, 0.25) is 0 Å². The summed E-state index contributed by atoms with van der Waals surface area (Å²) >= 11 is 0. The van der Waals surface area contributed by atoms with E-state index >= 15 is 0 Å². The normalized spacial score (nSPS) is 10.6. The molecule has 0 amide bonds. The van der Waals surface area contributed by atoms with Gasteiger partial charge in [0.15, 0.2) is 0 Å². The molecule has 0 saturated heterocycles. The van der Waals surface area contributed by atoms with Gasteiger partial charge in [0.05, 0.1) is 18.7 Å². The van der Waals surface area contributed by atoms with E-state index in [4.69, 9.17) is 9.47 Å². The van der Waals surface area contributed by atoms with E-state index in [2.05, 4.69) is 10.3 Å². The maximum Gasteiger partial charge on any atom is 0.328 e. The van der Waals surface area contributed by atoms with Crippen molar-refractivity contribution in [3.05, 3.63) is 47.8 Å². The zero-order chi connectivity index (χ0) is 17.4. The molecule has 2 aromatic rings. The number of carbonyl (C=O) groups is 2. The number of nitrogens with zero attached hydrogens (tertiary/aromatic N) is 3. The van der Waals surface area contributed by atoms with Crippen LogP contribution in [0.1, 0.15) is 25.1 Å². The van der Waals surface area contributed by atoms with E-state index in [9.17, 15) is 9.59 Å². The topological polar surface area (TPSA) is 83.3 Å². The number of aromatic nitrogens is 3. The van der Waals surface area contributed by atoms with Crippen molar-refractivity contribution in [3.63, 3.8) is 0 Å². The van der Waals surface area contributed by atoms with E-state index in [1.54, 1.807) is 6.20 Å². The van der Waals surface area contributed by atoms with Crippen LogP contribution in [0.25, 0.3) is 0 Å². The lowest BCUT2D eigenvalue weighted by Crippen LogP contribution is -2.14. The summed E-state index contributed by atoms with van der Waals surface area (Å²) in [6.07, 6.45) is 1.58. The summed E-state index contributed by atoms with van der Waals surface area (Å²) in [5.41, 5.74) is 1.37. The molecule has 7 heteroatoms. The minimum absolute atomic E-state index is 0.0335. The number of benzene rings is 1. The standard InChI is InChI=1S/C17H21N3O4/c1-13(2)11-23-16(21)8-15-9-20(19-18-15)10-17(22)24-12-14-6-4-3-5-7-14/h3-7,9,13H,8,10-12H2,1-2H3. The van der Waals surface area contributed by atoms with Gasteiger partial charge in [0.1, 0.15) is 13.2 Å². The van der Waals surface area contributed by atoms with Crippen LogP contribution < -0.4 is 0 Å². The van der Waals surface area contributed by atoms with Gasteiger partial charge in [-0.25, -0.2) is 4.68 Å². The van der Waals surface area contributed by atoms with Gasteiger partial charge >= 0.3 is 11.9 Å². The smallest absolute Gasteiger partial charge is 0.328 e. The Morgan fingerprint density at radius 2 is 1.88 bits per heavy atom. The molecule has 0 spiro atoms. The van der Waals surface area contributed by atoms with Gasteiger partial charge in [-0.3, -0.25) is 9.59 Å². The Morgan fingerprint density at radius 1 is 1.12 bits per heavy atom. The third kappa shape index (κ3) is 6.20. The number of carbonyl (C=O) groups excluding carboxylic acids is 2. The first-order chi connectivity index (χ1) is 11.5. The first kappa shape index (κ1) is 17.7. The molecule has 24 heavy (non-hydrogen) atoms. The predicted molar refractivity (Wildman–Crippen MR) is 85.8 cm³/mol. The number of ether oxygens (including phenoxy) is 2. The van der Waals surface area contributed by atoms with Crippen molar-refractivity contribution in [3.8, 4) is 0 Å². The van der Waals surface area contributed by atoms with E-state index in [0.717, 1.165) is 5.56 Å². The molecule has 0 unspecified atom stereocenters. The number of esters is 2. The van der Waals surface area contributed by atoms with E-state index in [1.807, 2.05) is 44.2 Å². The van der Waals surface area contributed by atoms with Gasteiger partial charge in [-0.2, -0.15) is 0 Å². The third-order valence-electron chi connectivity index (χ3n) is 3.02. The van der Waals surface area contributed by atoms with Crippen molar-refractivity contribution >= 4 is 11.9 Å². The SMILES string of the molecule is CC(C)COC(=O)Cc1cn(CC(=O)OCc2ccccc2)nn1. The number of hydrogen-bond donors (Lipinski definition) is 0. The maximum atomic E-state index is 11.8. The number of rotatable bonds is 8. The molecule has 0 N–H and O–H groups in total. The molecule has 0 radical (unpaired) electrons. The van der Waals surface area contributed by atoms with Crippen molar-refractivity contribution in [1.29, 1.82) is 0 Å². The Bertz CT molecular complexity index is 667. The van der Waals surface area contributed by atoms with Crippen molar-refractivity contribution in [2.75, 3.05) is 6.61 Å². The molecule has 0 aliphatic heterocycles. The van der Waals surface area contributed by atoms with Crippen LogP contribution in [-0.4, -0.2) is 33.5 Å². The molecular formula is C17H21N3O4. The lowest BCUT2D eigenvalue weighted by molar-refractivity contribution is -0.146. The summed E-state index contributed by atoms with van der Waals surface area (Å²) in [5.74, 6) is -0.496. The molecule has 2 rings (SSSR count). The second kappa shape index (κ2) is 8.81. The molecule has 0 aliphatic carbocycles. The van der Waals surface area contributed by atoms with Gasteiger partial charge in [0.25, 0.3) is 0 Å². The number of hydrogen-bond acceptors (Lipinski definition) is 6. The molecule has 1 heterocycles. The van der Waals surface area contributed by atoms with Crippen LogP contribution in [0.4, 0.5) is 0 Å². The molecule has 0 saturated carbocycles. The van der Waals surface area contributed by atoms with Crippen LogP contribution in [0, 0.1) is 5.92 Å². The summed E-state index contributed by atoms with van der Waals surface area (Å²) in [7, 11) is 0. The molecule has 128 valence electrons. The largest absolute Gasteiger partial charge is 0.465 e. The quantitative estimate of drug-likeness (QED) is 0.686. The molecule has 0 fully saturated rings. The second-order valence-electron chi connectivity index (χ2n) is 5.81. The lowest BCUT2D eigenvalue weighted by Gasteiger charge is -2.05. The van der Waals surface area contributed by atoms with Crippen LogP contribution in [0.5, 0.6) is 0 Å². The van der Waals surface area contributed by atoms with Crippen LogP contribution in [0.2, 0.25) is 0 Å². The molecule has 1 aromatic carbocycles. The minimum Gasteiger partial charge on any atom is -0.465 e. The van der Waals surface area contributed by atoms with E-state index in [-0.39, 0.29) is 31.5 Å². The van der Waals surface area contributed by atoms with Crippen LogP contribution in [-0.2, 0) is 38.6 Å². The van der Waals surface area contributed by atoms with Gasteiger partial charge in [-0.1, -0.05) is 49.4 Å². The van der Waals surface area contributed by atoms with E-state index in [0.29, 0.717) is 12.3 Å². The van der Waals surface area contributed by atoms with Gasteiger partial charge in [-0.05, 0) is 11.5 Å². The summed E-state index contributed by atoms with van der Waals surface area (Å²) in [5, 5.41) is 7.68. The third-order valence-corrected chi connectivity index (χ3v) is 3.02. The van der Waals surface area contributed by atoms with E-state index in [1.165, 1.54) is 4.68 Å². The van der Waals surface area contributed by atoms with Crippen LogP contribution in [0.15, 0.2) is 36.5 Å². The zero-order valence-electron chi connectivity index (χ0n) is 13.8. The molecule has 7 nitrogen and oxygen atoms in total. The van der Waals surface area contributed by atoms with Crippen molar-refractivity contribution in [2.24, 2.45) is 5.92 Å². The average molecular weight is 331 g/mol. The fourth-order valence-corrected chi connectivity index (χ4v) is 1.87. The van der Waals surface area contributed by atoms with Crippen LogP contribution >= 0.6 is 0 Å². The molecule has 0 aliphatic rings. The highest BCUT2D eigenvalue weighted by atomic mass is 16.5. The van der Waals surface area contributed by atoms with Crippen LogP contribution in [0.3, 0.4) is 0 Å². The van der Waals surface area contributed by atoms with Crippen molar-refractivity contribution in [1.82, 2.24) is 15.0 Å². The predicted octanol–water partition coefficient (Wildman–Crippen LogP) is 1.76. The van der Waals surface area contributed by atoms with Gasteiger partial charge in [0, 0.05) is 6.20 Å². The highest BCUT2D eigenvalue weighted by molar-refractivity contribution is 5.72. The molecule has 0 bridgehead atoms. The highest BCUT2D eigenvalue weighted by Crippen LogP contribution is 2.02. The van der Waals surface area contributed by atoms with Gasteiger partial charge < -0.3 is 9.47 Å². The average Bonchev–Trinajstić information content (AvgIpc) is 2.99. The Balaban J connectivity index is 1.76. The summed E-state index contributed by atoms with van der Waals surface area (Å²) in [4.78, 5) is 23.4. The molecular weight excluding hydrogens is 310 g/mol. The Kier molecular flexibility index (Phi) is 6.48. The summed E-state index contributed by atoms with van der Waals surface area (Å²) in [6, 6.07) is 9.41. The highest BCUT2D eigenvalue weighted by Gasteiger charge is 2.12. The van der Waals surface area contributed by atoms with Gasteiger partial charge in [-0.15, -0.1) is 5.10 Å². The molecule has 0 atom stereocenters. The maximum absolute atomic E-state index is 11.8. The van der Waals surface area contributed by atoms with E-state index < -0.39 is 5.97 Å². The zero-order valence-corrected chi connectivity index (χ0v) is 13.8. The fraction of sp³-hybridized carbons (Fsp3) is 0.412. The monoisotopic (exact) mass is 331 g/mol. The minimum atomic E-state index is -0.419. The first-order valence-corrected chi connectivity index (χ1v) is 7.77. The second-order valence-corrected chi connectivity index (χ2v) is 5.81. The summed E-state index contributed by atoms with van der Waals surface area (Å²) in [6.45, 7) is 4.46. The Morgan fingerprint density at radius 3 is 2.58 bits per heavy atom. The Labute approximate surface area is 140 Å². The fourth-order valence-electron chi connectivity index (χ4n) is 1.87. The first-order valence-electron chi connectivity index (χ1n) is 7.77. The van der Waals surface area contributed by atoms with Crippen molar-refractivity contribution < 1.29 is 19.1 Å². The van der Waals surface area contributed by atoms with Crippen molar-refractivity contribution in [2.45, 2.75) is 33.4 Å².